The van der Waals surface area contributed by atoms with Crippen LogP contribution in [0.15, 0.2) is 24.3 Å². The van der Waals surface area contributed by atoms with Crippen molar-refractivity contribution in [1.29, 1.82) is 0 Å². The van der Waals surface area contributed by atoms with Crippen LogP contribution in [0, 0.1) is 0 Å². The van der Waals surface area contributed by atoms with Crippen molar-refractivity contribution in [2.75, 3.05) is 12.3 Å². The Morgan fingerprint density at radius 3 is 2.27 bits per heavy atom. The van der Waals surface area contributed by atoms with E-state index in [1.807, 2.05) is 31.2 Å². The Labute approximate surface area is 72.8 Å². The van der Waals surface area contributed by atoms with Gasteiger partial charge in [0, 0.05) is 5.69 Å². The number of hydrogen-bond donors (Lipinski definition) is 1. The number of halogens is 1. The highest BCUT2D eigenvalue weighted by Gasteiger charge is 1.88. The van der Waals surface area contributed by atoms with Gasteiger partial charge >= 0.3 is 0 Å². The van der Waals surface area contributed by atoms with E-state index < -0.39 is 0 Å². The van der Waals surface area contributed by atoms with Gasteiger partial charge in [-0.25, -0.2) is 0 Å². The lowest BCUT2D eigenvalue weighted by atomic mass is 10.3. The van der Waals surface area contributed by atoms with Crippen LogP contribution in [0.1, 0.15) is 6.92 Å². The van der Waals surface area contributed by atoms with E-state index in [0.29, 0.717) is 6.61 Å². The van der Waals surface area contributed by atoms with Crippen molar-refractivity contribution in [1.82, 2.24) is 0 Å². The Hall–Kier alpha value is -0.890. The Morgan fingerprint density at radius 1 is 1.27 bits per heavy atom. The second-order valence-corrected chi connectivity index (χ2v) is 2.00. The SMILES string of the molecule is CCOc1ccc(N)cc1.Cl. The first-order chi connectivity index (χ1) is 4.83. The molecule has 0 aliphatic carbocycles. The molecule has 0 saturated heterocycles. The fourth-order valence-corrected chi connectivity index (χ4v) is 0.731. The van der Waals surface area contributed by atoms with E-state index in [1.54, 1.807) is 0 Å². The predicted molar refractivity (Wildman–Crippen MR) is 49.3 cm³/mol. The Balaban J connectivity index is 0.000001000. The molecule has 0 heterocycles. The van der Waals surface area contributed by atoms with Crippen molar-refractivity contribution >= 4 is 18.1 Å². The predicted octanol–water partition coefficient (Wildman–Crippen LogP) is 2.09. The molecule has 0 aliphatic heterocycles. The molecule has 0 aromatic heterocycles. The van der Waals surface area contributed by atoms with Crippen LogP contribution in [0.25, 0.3) is 0 Å². The van der Waals surface area contributed by atoms with Gasteiger partial charge in [0.05, 0.1) is 6.61 Å². The molecule has 0 amide bonds. The molecule has 0 spiro atoms. The molecule has 62 valence electrons. The summed E-state index contributed by atoms with van der Waals surface area (Å²) in [5.41, 5.74) is 6.23. The van der Waals surface area contributed by atoms with Crippen molar-refractivity contribution in [3.05, 3.63) is 24.3 Å². The third-order valence-corrected chi connectivity index (χ3v) is 1.19. The van der Waals surface area contributed by atoms with Gasteiger partial charge in [0.25, 0.3) is 0 Å². The summed E-state index contributed by atoms with van der Waals surface area (Å²) in [5, 5.41) is 0. The van der Waals surface area contributed by atoms with E-state index in [-0.39, 0.29) is 12.4 Å². The third-order valence-electron chi connectivity index (χ3n) is 1.19. The molecule has 0 fully saturated rings. The van der Waals surface area contributed by atoms with Gasteiger partial charge in [-0.2, -0.15) is 0 Å². The van der Waals surface area contributed by atoms with Gasteiger partial charge in [0.2, 0.25) is 0 Å². The van der Waals surface area contributed by atoms with Gasteiger partial charge in [-0.15, -0.1) is 12.4 Å². The zero-order chi connectivity index (χ0) is 7.40. The van der Waals surface area contributed by atoms with Crippen LogP contribution in [0.3, 0.4) is 0 Å². The van der Waals surface area contributed by atoms with Crippen molar-refractivity contribution in [2.45, 2.75) is 6.92 Å². The van der Waals surface area contributed by atoms with Gasteiger partial charge in [-0.1, -0.05) is 0 Å². The number of ether oxygens (including phenoxy) is 1. The van der Waals surface area contributed by atoms with Crippen molar-refractivity contribution < 1.29 is 4.74 Å². The minimum absolute atomic E-state index is 0. The lowest BCUT2D eigenvalue weighted by molar-refractivity contribution is 0.340. The van der Waals surface area contributed by atoms with Crippen molar-refractivity contribution in [3.8, 4) is 5.75 Å². The van der Waals surface area contributed by atoms with Gasteiger partial charge in [0.15, 0.2) is 0 Å². The van der Waals surface area contributed by atoms with Crippen LogP contribution < -0.4 is 10.5 Å². The molecule has 3 heteroatoms. The topological polar surface area (TPSA) is 35.2 Å². The molecule has 1 aromatic carbocycles. The van der Waals surface area contributed by atoms with Crippen LogP contribution in [0.5, 0.6) is 5.75 Å². The maximum absolute atomic E-state index is 5.47. The summed E-state index contributed by atoms with van der Waals surface area (Å²) < 4.78 is 5.21. The molecule has 2 N–H and O–H groups in total. The summed E-state index contributed by atoms with van der Waals surface area (Å²) in [5.74, 6) is 0.872. The zero-order valence-electron chi connectivity index (χ0n) is 6.41. The fraction of sp³-hybridized carbons (Fsp3) is 0.250. The maximum atomic E-state index is 5.47. The molecule has 1 aromatic rings. The molecule has 2 nitrogen and oxygen atoms in total. The number of rotatable bonds is 2. The van der Waals surface area contributed by atoms with Crippen LogP contribution in [-0.2, 0) is 0 Å². The van der Waals surface area contributed by atoms with E-state index in [2.05, 4.69) is 0 Å². The molecule has 11 heavy (non-hydrogen) atoms. The molecule has 0 atom stereocenters. The zero-order valence-corrected chi connectivity index (χ0v) is 7.23. The van der Waals surface area contributed by atoms with Crippen LogP contribution in [0.2, 0.25) is 0 Å². The number of anilines is 1. The van der Waals surface area contributed by atoms with E-state index in [9.17, 15) is 0 Å². The molecule has 1 rings (SSSR count). The second-order valence-electron chi connectivity index (χ2n) is 2.00. The van der Waals surface area contributed by atoms with Crippen LogP contribution in [0.4, 0.5) is 5.69 Å². The highest BCUT2D eigenvalue weighted by atomic mass is 35.5. The minimum atomic E-state index is 0. The van der Waals surface area contributed by atoms with E-state index >= 15 is 0 Å². The highest BCUT2D eigenvalue weighted by molar-refractivity contribution is 5.85. The summed E-state index contributed by atoms with van der Waals surface area (Å²) in [4.78, 5) is 0. The first-order valence-electron chi connectivity index (χ1n) is 3.31. The third kappa shape index (κ3) is 3.14. The highest BCUT2D eigenvalue weighted by Crippen LogP contribution is 2.12. The van der Waals surface area contributed by atoms with Gasteiger partial charge in [0.1, 0.15) is 5.75 Å². The number of nitrogen functional groups attached to an aromatic ring is 1. The van der Waals surface area contributed by atoms with Crippen LogP contribution in [-0.4, -0.2) is 6.61 Å². The molecular formula is C8H12ClNO. The number of benzene rings is 1. The van der Waals surface area contributed by atoms with Gasteiger partial charge in [-0.05, 0) is 31.2 Å². The Morgan fingerprint density at radius 2 is 1.82 bits per heavy atom. The molecule has 0 bridgehead atoms. The molecular weight excluding hydrogens is 162 g/mol. The van der Waals surface area contributed by atoms with Gasteiger partial charge in [-0.3, -0.25) is 0 Å². The second kappa shape index (κ2) is 4.85. The van der Waals surface area contributed by atoms with E-state index in [0.717, 1.165) is 11.4 Å². The largest absolute Gasteiger partial charge is 0.494 e. The molecule has 0 saturated carbocycles. The Kier molecular flexibility index (Phi) is 4.46. The smallest absolute Gasteiger partial charge is 0.119 e. The van der Waals surface area contributed by atoms with Crippen molar-refractivity contribution in [3.63, 3.8) is 0 Å². The monoisotopic (exact) mass is 173 g/mol. The lowest BCUT2D eigenvalue weighted by Crippen LogP contribution is -1.91. The summed E-state index contributed by atoms with van der Waals surface area (Å²) in [7, 11) is 0. The summed E-state index contributed by atoms with van der Waals surface area (Å²) in [6.45, 7) is 2.65. The number of hydrogen-bond acceptors (Lipinski definition) is 2. The number of nitrogens with two attached hydrogens (primary N) is 1. The molecule has 0 radical (unpaired) electrons. The normalized spacial score (nSPS) is 8.45. The summed E-state index contributed by atoms with van der Waals surface area (Å²) in [6, 6.07) is 7.37. The first kappa shape index (κ1) is 10.1. The quantitative estimate of drug-likeness (QED) is 0.696. The van der Waals surface area contributed by atoms with Crippen molar-refractivity contribution in [2.24, 2.45) is 0 Å². The fourth-order valence-electron chi connectivity index (χ4n) is 0.731. The lowest BCUT2D eigenvalue weighted by Gasteiger charge is -2.01. The first-order valence-corrected chi connectivity index (χ1v) is 3.31. The summed E-state index contributed by atoms with van der Waals surface area (Å²) in [6.07, 6.45) is 0. The summed E-state index contributed by atoms with van der Waals surface area (Å²) >= 11 is 0. The van der Waals surface area contributed by atoms with Gasteiger partial charge < -0.3 is 10.5 Å². The van der Waals surface area contributed by atoms with E-state index in [1.165, 1.54) is 0 Å². The average Bonchev–Trinajstić information content (AvgIpc) is 1.95. The Bertz CT molecular complexity index is 198. The maximum Gasteiger partial charge on any atom is 0.119 e. The molecule has 0 aliphatic rings. The average molecular weight is 174 g/mol. The standard InChI is InChI=1S/C8H11NO.ClH/c1-2-10-8-5-3-7(9)4-6-8;/h3-6H,2,9H2,1H3;1H. The van der Waals surface area contributed by atoms with Crippen LogP contribution >= 0.6 is 12.4 Å². The van der Waals surface area contributed by atoms with E-state index in [4.69, 9.17) is 10.5 Å². The molecule has 0 unspecified atom stereocenters. The minimum Gasteiger partial charge on any atom is -0.494 e.